The summed E-state index contributed by atoms with van der Waals surface area (Å²) in [5.74, 6) is 2.09. The van der Waals surface area contributed by atoms with E-state index in [0.717, 1.165) is 23.6 Å². The second-order valence-corrected chi connectivity index (χ2v) is 6.34. The molecule has 1 unspecified atom stereocenters. The predicted molar refractivity (Wildman–Crippen MR) is 78.5 cm³/mol. The van der Waals surface area contributed by atoms with Gasteiger partial charge in [-0.05, 0) is 38.7 Å². The van der Waals surface area contributed by atoms with Crippen molar-refractivity contribution in [3.05, 3.63) is 10.6 Å². The highest BCUT2D eigenvalue weighted by molar-refractivity contribution is 7.71. The zero-order chi connectivity index (χ0) is 13.9. The molecule has 18 heavy (non-hydrogen) atoms. The van der Waals surface area contributed by atoms with Gasteiger partial charge in [0.15, 0.2) is 4.77 Å². The van der Waals surface area contributed by atoms with Gasteiger partial charge in [0.2, 0.25) is 0 Å². The van der Waals surface area contributed by atoms with Crippen molar-refractivity contribution in [2.24, 2.45) is 5.92 Å². The Morgan fingerprint density at radius 2 is 1.89 bits per heavy atom. The largest absolute Gasteiger partial charge is 0.307 e. The summed E-state index contributed by atoms with van der Waals surface area (Å²) in [6, 6.07) is 0.392. The Bertz CT molecular complexity index is 407. The zero-order valence-corrected chi connectivity index (χ0v) is 13.2. The van der Waals surface area contributed by atoms with Crippen molar-refractivity contribution < 1.29 is 0 Å². The van der Waals surface area contributed by atoms with Crippen molar-refractivity contribution in [2.45, 2.75) is 46.1 Å². The normalized spacial score (nSPS) is 13.8. The first-order valence-electron chi connectivity index (χ1n) is 6.64. The summed E-state index contributed by atoms with van der Waals surface area (Å²) in [6.07, 6.45) is 1.12. The van der Waals surface area contributed by atoms with Crippen LogP contribution in [0.25, 0.3) is 0 Å². The summed E-state index contributed by atoms with van der Waals surface area (Å²) in [6.45, 7) is 9.81. The summed E-state index contributed by atoms with van der Waals surface area (Å²) in [7, 11) is 4.21. The van der Waals surface area contributed by atoms with Gasteiger partial charge in [0.1, 0.15) is 5.82 Å². The van der Waals surface area contributed by atoms with Gasteiger partial charge in [-0.2, -0.15) is 5.10 Å². The summed E-state index contributed by atoms with van der Waals surface area (Å²) in [5, 5.41) is 7.32. The minimum absolute atomic E-state index is 0.384. The highest BCUT2D eigenvalue weighted by Gasteiger charge is 2.20. The summed E-state index contributed by atoms with van der Waals surface area (Å²) < 4.78 is 2.95. The van der Waals surface area contributed by atoms with Crippen LogP contribution in [-0.4, -0.2) is 40.3 Å². The van der Waals surface area contributed by atoms with Gasteiger partial charge < -0.3 is 4.90 Å². The van der Waals surface area contributed by atoms with Crippen molar-refractivity contribution in [2.75, 3.05) is 20.6 Å². The highest BCUT2D eigenvalue weighted by atomic mass is 32.1. The van der Waals surface area contributed by atoms with E-state index < -0.39 is 0 Å². The van der Waals surface area contributed by atoms with Crippen LogP contribution in [0, 0.1) is 10.7 Å². The maximum Gasteiger partial charge on any atom is 0.195 e. The van der Waals surface area contributed by atoms with Gasteiger partial charge in [-0.1, -0.05) is 27.7 Å². The lowest BCUT2D eigenvalue weighted by Crippen LogP contribution is -2.27. The van der Waals surface area contributed by atoms with Gasteiger partial charge in [-0.25, -0.2) is 0 Å². The fourth-order valence-electron chi connectivity index (χ4n) is 2.30. The summed E-state index contributed by atoms with van der Waals surface area (Å²) >= 11 is 5.40. The number of likely N-dealkylation sites (N-methyl/N-ethyl adjacent to an activating group) is 1. The first-order chi connectivity index (χ1) is 8.32. The Labute approximate surface area is 115 Å². The second-order valence-electron chi connectivity index (χ2n) is 5.96. The minimum atomic E-state index is 0.384. The molecule has 1 rings (SSSR count). The molecule has 104 valence electrons. The van der Waals surface area contributed by atoms with Gasteiger partial charge in [0.25, 0.3) is 0 Å². The standard InChI is InChI=1S/C13H26N4S/c1-9(2)7-11(8-16(5)6)17-12(10(3)4)14-15-13(17)18/h9-11H,7-8H2,1-6H3,(H,15,18). The Kier molecular flexibility index (Phi) is 5.53. The molecule has 0 fully saturated rings. The molecular formula is C13H26N4S. The van der Waals surface area contributed by atoms with Crippen molar-refractivity contribution in [1.82, 2.24) is 19.7 Å². The van der Waals surface area contributed by atoms with Crippen molar-refractivity contribution in [3.8, 4) is 0 Å². The van der Waals surface area contributed by atoms with Crippen molar-refractivity contribution in [3.63, 3.8) is 0 Å². The van der Waals surface area contributed by atoms with Gasteiger partial charge >= 0.3 is 0 Å². The molecule has 1 heterocycles. The molecule has 0 aromatic carbocycles. The van der Waals surface area contributed by atoms with E-state index in [2.05, 4.69) is 61.5 Å². The Morgan fingerprint density at radius 3 is 2.33 bits per heavy atom. The number of aromatic nitrogens is 3. The quantitative estimate of drug-likeness (QED) is 0.806. The topological polar surface area (TPSA) is 36.9 Å². The van der Waals surface area contributed by atoms with E-state index in [-0.39, 0.29) is 0 Å². The molecule has 0 spiro atoms. The molecule has 4 nitrogen and oxygen atoms in total. The van der Waals surface area contributed by atoms with Crippen LogP contribution in [0.1, 0.15) is 51.9 Å². The lowest BCUT2D eigenvalue weighted by molar-refractivity contribution is 0.281. The van der Waals surface area contributed by atoms with Gasteiger partial charge in [0, 0.05) is 12.5 Å². The average Bonchev–Trinajstić information content (AvgIpc) is 2.57. The number of hydrogen-bond donors (Lipinski definition) is 1. The smallest absolute Gasteiger partial charge is 0.195 e. The zero-order valence-electron chi connectivity index (χ0n) is 12.4. The van der Waals surface area contributed by atoms with Crippen LogP contribution in [0.4, 0.5) is 0 Å². The molecule has 0 aliphatic heterocycles. The van der Waals surface area contributed by atoms with Crippen LogP contribution in [0.3, 0.4) is 0 Å². The molecule has 1 aromatic rings. The number of H-pyrrole nitrogens is 1. The first-order valence-corrected chi connectivity index (χ1v) is 7.05. The summed E-state index contributed by atoms with van der Waals surface area (Å²) in [5.41, 5.74) is 0. The average molecular weight is 270 g/mol. The number of hydrogen-bond acceptors (Lipinski definition) is 3. The molecule has 0 saturated heterocycles. The highest BCUT2D eigenvalue weighted by Crippen LogP contribution is 2.23. The van der Waals surface area contributed by atoms with Crippen molar-refractivity contribution >= 4 is 12.2 Å². The number of nitrogens with zero attached hydrogens (tertiary/aromatic N) is 3. The van der Waals surface area contributed by atoms with E-state index in [9.17, 15) is 0 Å². The van der Waals surface area contributed by atoms with Crippen LogP contribution in [0.5, 0.6) is 0 Å². The number of aromatic amines is 1. The predicted octanol–water partition coefficient (Wildman–Crippen LogP) is 3.21. The molecule has 5 heteroatoms. The van der Waals surface area contributed by atoms with Crippen LogP contribution in [-0.2, 0) is 0 Å². The lowest BCUT2D eigenvalue weighted by atomic mass is 10.0. The molecular weight excluding hydrogens is 244 g/mol. The molecule has 0 amide bonds. The van der Waals surface area contributed by atoms with Crippen LogP contribution in [0.2, 0.25) is 0 Å². The molecule has 0 aliphatic carbocycles. The molecule has 0 saturated carbocycles. The molecule has 1 atom stereocenters. The maximum atomic E-state index is 5.40. The third kappa shape index (κ3) is 3.92. The lowest BCUT2D eigenvalue weighted by Gasteiger charge is -2.26. The van der Waals surface area contributed by atoms with E-state index >= 15 is 0 Å². The third-order valence-electron chi connectivity index (χ3n) is 2.93. The van der Waals surface area contributed by atoms with E-state index in [0.29, 0.717) is 17.9 Å². The van der Waals surface area contributed by atoms with Crippen LogP contribution < -0.4 is 0 Å². The van der Waals surface area contributed by atoms with Gasteiger partial charge in [-0.15, -0.1) is 0 Å². The fraction of sp³-hybridized carbons (Fsp3) is 0.846. The Balaban J connectivity index is 3.11. The maximum absolute atomic E-state index is 5.40. The molecule has 0 bridgehead atoms. The third-order valence-corrected chi connectivity index (χ3v) is 3.22. The van der Waals surface area contributed by atoms with Gasteiger partial charge in [0.05, 0.1) is 6.04 Å². The number of rotatable bonds is 6. The molecule has 0 aliphatic rings. The van der Waals surface area contributed by atoms with E-state index in [1.54, 1.807) is 0 Å². The molecule has 1 N–H and O–H groups in total. The van der Waals surface area contributed by atoms with Crippen LogP contribution >= 0.6 is 12.2 Å². The fourth-order valence-corrected chi connectivity index (χ4v) is 2.59. The Morgan fingerprint density at radius 1 is 1.28 bits per heavy atom. The monoisotopic (exact) mass is 270 g/mol. The van der Waals surface area contributed by atoms with E-state index in [1.807, 2.05) is 0 Å². The second kappa shape index (κ2) is 6.48. The van der Waals surface area contributed by atoms with Crippen LogP contribution in [0.15, 0.2) is 0 Å². The number of nitrogens with one attached hydrogen (secondary N) is 1. The van der Waals surface area contributed by atoms with Gasteiger partial charge in [-0.3, -0.25) is 9.67 Å². The van der Waals surface area contributed by atoms with E-state index in [1.165, 1.54) is 0 Å². The first kappa shape index (κ1) is 15.4. The molecule has 1 aromatic heterocycles. The minimum Gasteiger partial charge on any atom is -0.307 e. The van der Waals surface area contributed by atoms with E-state index in [4.69, 9.17) is 12.2 Å². The summed E-state index contributed by atoms with van der Waals surface area (Å²) in [4.78, 5) is 2.21. The van der Waals surface area contributed by atoms with Crippen molar-refractivity contribution in [1.29, 1.82) is 0 Å². The SMILES string of the molecule is CC(C)CC(CN(C)C)n1c(C(C)C)n[nH]c1=S. The Hall–Kier alpha value is -0.680. The molecule has 0 radical (unpaired) electrons.